The number of amides is 1. The summed E-state index contributed by atoms with van der Waals surface area (Å²) in [6.45, 7) is 1.97. The van der Waals surface area contributed by atoms with E-state index in [9.17, 15) is 28.1 Å². The highest BCUT2D eigenvalue weighted by atomic mass is 32.2. The van der Waals surface area contributed by atoms with Crippen LogP contribution in [-0.2, 0) is 15.6 Å². The molecule has 2 rings (SSSR count). The summed E-state index contributed by atoms with van der Waals surface area (Å²) in [4.78, 5) is 22.5. The van der Waals surface area contributed by atoms with E-state index in [2.05, 4.69) is 0 Å². The highest BCUT2D eigenvalue weighted by Gasteiger charge is 2.62. The Bertz CT molecular complexity index is 624. The van der Waals surface area contributed by atoms with Crippen LogP contribution in [0.15, 0.2) is 23.1 Å². The number of nitrogens with zero attached hydrogens (tertiary/aromatic N) is 2. The van der Waals surface area contributed by atoms with Crippen LogP contribution in [0.5, 0.6) is 0 Å². The number of hydrogen-bond acceptors (Lipinski definition) is 4. The van der Waals surface area contributed by atoms with E-state index in [0.29, 0.717) is 6.42 Å². The Labute approximate surface area is 132 Å². The standard InChI is InChI=1S/C13H14F3N2O4S/c1-2-3-7-22-12(19)17-8-23(13(14,15)16)11-9(17)5-4-6-10(11)18(20)21/h4-6H,2-3,7-8H2,1H3/q+1. The molecule has 126 valence electrons. The van der Waals surface area contributed by atoms with Gasteiger partial charge in [-0.05, 0) is 12.5 Å². The zero-order valence-electron chi connectivity index (χ0n) is 12.1. The second-order valence-corrected chi connectivity index (χ2v) is 6.65. The maximum absolute atomic E-state index is 13.2. The SMILES string of the molecule is CCCCOC(=O)N1C[S+](C(F)(F)F)c2c1cccc2[N+](=O)[O-]. The number of carbonyl (C=O) groups is 1. The third kappa shape index (κ3) is 3.52. The monoisotopic (exact) mass is 351 g/mol. The molecule has 1 aromatic rings. The summed E-state index contributed by atoms with van der Waals surface area (Å²) in [7, 11) is -2.43. The third-order valence-corrected chi connectivity index (χ3v) is 5.18. The van der Waals surface area contributed by atoms with Gasteiger partial charge in [0.2, 0.25) is 5.88 Å². The predicted molar refractivity (Wildman–Crippen MR) is 78.4 cm³/mol. The van der Waals surface area contributed by atoms with Crippen molar-refractivity contribution in [3.05, 3.63) is 28.3 Å². The van der Waals surface area contributed by atoms with Gasteiger partial charge in [0.15, 0.2) is 10.9 Å². The number of benzene rings is 1. The molecule has 1 unspecified atom stereocenters. The number of nitro groups is 1. The second-order valence-electron chi connectivity index (χ2n) is 4.74. The molecule has 0 spiro atoms. The molecule has 23 heavy (non-hydrogen) atoms. The van der Waals surface area contributed by atoms with E-state index in [4.69, 9.17) is 4.74 Å². The Morgan fingerprint density at radius 3 is 2.74 bits per heavy atom. The maximum atomic E-state index is 13.2. The number of alkyl halides is 3. The molecule has 0 aromatic heterocycles. The summed E-state index contributed by atoms with van der Waals surface area (Å²) in [5.41, 5.74) is -5.41. The van der Waals surface area contributed by atoms with Gasteiger partial charge in [-0.3, -0.25) is 10.1 Å². The number of fused-ring (bicyclic) bond motifs is 1. The molecule has 1 aromatic carbocycles. The Morgan fingerprint density at radius 2 is 2.17 bits per heavy atom. The molecule has 1 aliphatic rings. The molecule has 0 fully saturated rings. The fraction of sp³-hybridized carbons (Fsp3) is 0.462. The topological polar surface area (TPSA) is 72.7 Å². The normalized spacial score (nSPS) is 17.0. The van der Waals surface area contributed by atoms with Gasteiger partial charge in [-0.1, -0.05) is 19.4 Å². The second kappa shape index (κ2) is 6.65. The van der Waals surface area contributed by atoms with Crippen LogP contribution < -0.4 is 4.90 Å². The fourth-order valence-electron chi connectivity index (χ4n) is 2.11. The minimum Gasteiger partial charge on any atom is -0.449 e. The zero-order valence-corrected chi connectivity index (χ0v) is 12.9. The molecule has 1 aliphatic heterocycles. The van der Waals surface area contributed by atoms with Crippen molar-refractivity contribution < 1.29 is 27.6 Å². The molecule has 0 aliphatic carbocycles. The van der Waals surface area contributed by atoms with Gasteiger partial charge in [0.25, 0.3) is 4.90 Å². The number of carbonyl (C=O) groups excluding carboxylic acids is 1. The van der Waals surface area contributed by atoms with Gasteiger partial charge in [-0.15, -0.1) is 13.2 Å². The van der Waals surface area contributed by atoms with Crippen molar-refractivity contribution in [3.63, 3.8) is 0 Å². The first-order chi connectivity index (χ1) is 10.8. The number of anilines is 1. The van der Waals surface area contributed by atoms with E-state index < -0.39 is 43.9 Å². The molecular weight excluding hydrogens is 337 g/mol. The fourth-order valence-corrected chi connectivity index (χ4v) is 3.94. The minimum atomic E-state index is -4.67. The zero-order chi connectivity index (χ0) is 17.2. The largest absolute Gasteiger partial charge is 0.582 e. The molecule has 0 saturated carbocycles. The van der Waals surface area contributed by atoms with Crippen molar-refractivity contribution in [2.75, 3.05) is 17.4 Å². The number of hydrogen-bond donors (Lipinski definition) is 0. The highest BCUT2D eigenvalue weighted by molar-refractivity contribution is 7.98. The van der Waals surface area contributed by atoms with Crippen LogP contribution in [0.25, 0.3) is 0 Å². The van der Waals surface area contributed by atoms with Gasteiger partial charge in [0, 0.05) is 6.07 Å². The number of halogens is 3. The van der Waals surface area contributed by atoms with E-state index in [0.717, 1.165) is 17.4 Å². The van der Waals surface area contributed by atoms with E-state index in [1.165, 1.54) is 12.1 Å². The number of rotatable bonds is 4. The molecule has 0 saturated heterocycles. The van der Waals surface area contributed by atoms with Crippen LogP contribution in [0.4, 0.5) is 29.3 Å². The van der Waals surface area contributed by atoms with Crippen LogP contribution in [0.1, 0.15) is 19.8 Å². The molecule has 1 atom stereocenters. The van der Waals surface area contributed by atoms with E-state index in [1.807, 2.05) is 6.92 Å². The average Bonchev–Trinajstić information content (AvgIpc) is 2.86. The van der Waals surface area contributed by atoms with Gasteiger partial charge in [0.05, 0.1) is 11.5 Å². The van der Waals surface area contributed by atoms with Gasteiger partial charge in [-0.25, -0.2) is 9.69 Å². The first kappa shape index (κ1) is 17.4. The van der Waals surface area contributed by atoms with Crippen molar-refractivity contribution in [1.82, 2.24) is 0 Å². The lowest BCUT2D eigenvalue weighted by atomic mass is 10.2. The molecule has 0 radical (unpaired) electrons. The summed E-state index contributed by atoms with van der Waals surface area (Å²) >= 11 is 0. The van der Waals surface area contributed by atoms with Crippen molar-refractivity contribution in [2.24, 2.45) is 0 Å². The molecule has 0 N–H and O–H groups in total. The lowest BCUT2D eigenvalue weighted by Gasteiger charge is -2.13. The van der Waals surface area contributed by atoms with E-state index in [1.54, 1.807) is 0 Å². The Hall–Kier alpha value is -1.97. The summed E-state index contributed by atoms with van der Waals surface area (Å²) < 4.78 is 44.7. The third-order valence-electron chi connectivity index (χ3n) is 3.19. The van der Waals surface area contributed by atoms with Gasteiger partial charge >= 0.3 is 17.3 Å². The molecule has 1 amide bonds. The van der Waals surface area contributed by atoms with Crippen LogP contribution in [0.2, 0.25) is 0 Å². The van der Waals surface area contributed by atoms with Crippen LogP contribution in [0, 0.1) is 10.1 Å². The summed E-state index contributed by atoms with van der Waals surface area (Å²) in [6, 6.07) is 3.53. The smallest absolute Gasteiger partial charge is 0.449 e. The minimum absolute atomic E-state index is 0.0931. The van der Waals surface area contributed by atoms with Crippen molar-refractivity contribution in [1.29, 1.82) is 0 Å². The van der Waals surface area contributed by atoms with Crippen LogP contribution in [0.3, 0.4) is 0 Å². The van der Waals surface area contributed by atoms with Crippen molar-refractivity contribution in [3.8, 4) is 0 Å². The highest BCUT2D eigenvalue weighted by Crippen LogP contribution is 2.47. The van der Waals surface area contributed by atoms with Gasteiger partial charge in [-0.2, -0.15) is 0 Å². The average molecular weight is 351 g/mol. The molecule has 10 heteroatoms. The first-order valence-corrected chi connectivity index (χ1v) is 8.16. The summed E-state index contributed by atoms with van der Waals surface area (Å²) in [5.74, 6) is -0.686. The Kier molecular flexibility index (Phi) is 5.03. The van der Waals surface area contributed by atoms with E-state index in [-0.39, 0.29) is 12.3 Å². The predicted octanol–water partition coefficient (Wildman–Crippen LogP) is 3.81. The van der Waals surface area contributed by atoms with Gasteiger partial charge in [0.1, 0.15) is 5.69 Å². The first-order valence-electron chi connectivity index (χ1n) is 6.76. The number of ether oxygens (including phenoxy) is 1. The quantitative estimate of drug-likeness (QED) is 0.358. The lowest BCUT2D eigenvalue weighted by molar-refractivity contribution is -0.387. The summed E-state index contributed by atoms with van der Waals surface area (Å²) in [6.07, 6.45) is 0.439. The molecule has 6 nitrogen and oxygen atoms in total. The van der Waals surface area contributed by atoms with E-state index >= 15 is 0 Å². The Morgan fingerprint density at radius 1 is 1.48 bits per heavy atom. The molecular formula is C13H14F3N2O4S+. The van der Waals surface area contributed by atoms with Crippen molar-refractivity contribution >= 4 is 28.4 Å². The Balaban J connectivity index is 2.39. The molecule has 0 bridgehead atoms. The summed E-state index contributed by atoms with van der Waals surface area (Å²) in [5, 5.41) is 11.0. The lowest BCUT2D eigenvalue weighted by Crippen LogP contribution is -2.35. The maximum Gasteiger partial charge on any atom is 0.582 e. The molecule has 1 heterocycles. The van der Waals surface area contributed by atoms with Crippen LogP contribution in [-0.4, -0.2) is 29.0 Å². The number of nitro benzene ring substituents is 1. The van der Waals surface area contributed by atoms with Crippen molar-refractivity contribution in [2.45, 2.75) is 30.2 Å². The van der Waals surface area contributed by atoms with Crippen LogP contribution >= 0.6 is 0 Å². The number of unbranched alkanes of at least 4 members (excludes halogenated alkanes) is 1. The van der Waals surface area contributed by atoms with Gasteiger partial charge < -0.3 is 4.74 Å².